The Morgan fingerprint density at radius 1 is 0.439 bits per heavy atom. The van der Waals surface area contributed by atoms with Gasteiger partial charge in [-0.1, -0.05) is 18.2 Å². The van der Waals surface area contributed by atoms with Crippen LogP contribution in [0.3, 0.4) is 0 Å². The third-order valence-electron chi connectivity index (χ3n) is 13.3. The summed E-state index contributed by atoms with van der Waals surface area (Å²) in [5, 5.41) is 25.2. The van der Waals surface area contributed by atoms with Crippen LogP contribution in [-0.2, 0) is 34.4 Å². The molecule has 0 spiro atoms. The van der Waals surface area contributed by atoms with E-state index in [0.29, 0.717) is 12.1 Å². The van der Waals surface area contributed by atoms with Crippen molar-refractivity contribution >= 4 is 70.5 Å². The predicted molar refractivity (Wildman–Crippen MR) is 238 cm³/mol. The predicted octanol–water partition coefficient (Wildman–Crippen LogP) is 10.4. The summed E-state index contributed by atoms with van der Waals surface area (Å²) in [5.74, 6) is -7.26. The van der Waals surface area contributed by atoms with Gasteiger partial charge in [-0.25, -0.2) is 14.4 Å². The van der Waals surface area contributed by atoms with E-state index in [-0.39, 0.29) is 27.6 Å². The third-order valence-corrected chi connectivity index (χ3v) is 15.1. The molecule has 1 atom stereocenters. The maximum absolute atomic E-state index is 14.1. The fourth-order valence-corrected chi connectivity index (χ4v) is 10.2. The lowest BCUT2D eigenvalue weighted by Crippen LogP contribution is -2.57. The molecule has 0 aliphatic heterocycles. The van der Waals surface area contributed by atoms with Crippen LogP contribution in [0.1, 0.15) is 72.9 Å². The molecule has 1 aliphatic rings. The van der Waals surface area contributed by atoms with Crippen molar-refractivity contribution in [3.63, 3.8) is 0 Å². The summed E-state index contributed by atoms with van der Waals surface area (Å²) >= 11 is 0. The largest absolute Gasteiger partial charge is 0.462 e. The van der Waals surface area contributed by atoms with Crippen molar-refractivity contribution in [2.75, 3.05) is 19.8 Å². The number of fused-ring (bicyclic) bond motifs is 3. The van der Waals surface area contributed by atoms with Crippen LogP contribution < -0.4 is 0 Å². The van der Waals surface area contributed by atoms with Crippen molar-refractivity contribution in [2.24, 2.45) is 0 Å². The monoisotopic (exact) mass is 1240 g/mol. The minimum atomic E-state index is -6.49. The van der Waals surface area contributed by atoms with Gasteiger partial charge >= 0.3 is 55.0 Å². The first kappa shape index (κ1) is 62.8. The van der Waals surface area contributed by atoms with Crippen LogP contribution >= 0.6 is 0 Å². The standard InChI is InChI=1S/C47H30F18O15S2/c48-42(49,50)39(69,43(51,52)53)7-10-78-36(66)20-1-4-24-25(14-20)23-5-3-22(81(72,73)74)17-28(23)33(24)21-15-26-29(37(67)79-11-8-40(70,44(54,55)56)45(57,58)59)13-19-2-6-32(82(75,76)77)31-18-30(27(16-21)35(26)34(19)31)38(68)80-12-9-41(71,46(60,61)62)47(63,64)65/h1-6,13-18,33,69-71H,7-12H2,(H,72,73,74)(H,75,76,77). The van der Waals surface area contributed by atoms with E-state index < -0.39 is 196 Å². The molecule has 6 aromatic rings. The highest BCUT2D eigenvalue weighted by molar-refractivity contribution is 7.86. The highest BCUT2D eigenvalue weighted by Crippen LogP contribution is 2.53. The van der Waals surface area contributed by atoms with E-state index in [1.165, 1.54) is 0 Å². The van der Waals surface area contributed by atoms with Gasteiger partial charge < -0.3 is 29.5 Å². The fraction of sp³-hybridized carbons (Fsp3) is 0.340. The van der Waals surface area contributed by atoms with Crippen LogP contribution in [0.25, 0.3) is 43.4 Å². The highest BCUT2D eigenvalue weighted by atomic mass is 32.2. The number of esters is 3. The Labute approximate surface area is 444 Å². The molecule has 82 heavy (non-hydrogen) atoms. The molecule has 0 heterocycles. The van der Waals surface area contributed by atoms with E-state index in [9.17, 15) is 135 Å². The zero-order valence-corrected chi connectivity index (χ0v) is 41.3. The van der Waals surface area contributed by atoms with Crippen molar-refractivity contribution in [3.05, 3.63) is 106 Å². The lowest BCUT2D eigenvalue weighted by atomic mass is 9.82. The lowest BCUT2D eigenvalue weighted by Gasteiger charge is -2.32. The van der Waals surface area contributed by atoms with Gasteiger partial charge in [0.1, 0.15) is 4.90 Å². The van der Waals surface area contributed by atoms with Crippen LogP contribution in [-0.4, -0.2) is 133 Å². The molecule has 1 aliphatic carbocycles. The first-order chi connectivity index (χ1) is 37.1. The Morgan fingerprint density at radius 3 is 1.28 bits per heavy atom. The zero-order chi connectivity index (χ0) is 61.9. The van der Waals surface area contributed by atoms with E-state index in [1.54, 1.807) is 0 Å². The molecule has 0 saturated carbocycles. The zero-order valence-electron chi connectivity index (χ0n) is 39.7. The first-order valence-electron chi connectivity index (χ1n) is 22.2. The molecular weight excluding hydrogens is 1210 g/mol. The van der Waals surface area contributed by atoms with Crippen molar-refractivity contribution in [1.82, 2.24) is 0 Å². The number of hydrogen-bond donors (Lipinski definition) is 5. The number of carbonyl (C=O) groups excluding carboxylic acids is 3. The molecule has 0 radical (unpaired) electrons. The number of alkyl halides is 18. The van der Waals surface area contributed by atoms with Crippen LogP contribution in [0.15, 0.2) is 82.6 Å². The molecule has 15 nitrogen and oxygen atoms in total. The van der Waals surface area contributed by atoms with Crippen LogP contribution in [0.5, 0.6) is 0 Å². The molecule has 0 aromatic heterocycles. The Hall–Kier alpha value is -6.79. The van der Waals surface area contributed by atoms with Crippen LogP contribution in [0.4, 0.5) is 79.0 Å². The summed E-state index contributed by atoms with van der Waals surface area (Å²) in [6.45, 7) is -5.65. The van der Waals surface area contributed by atoms with Crippen LogP contribution in [0, 0.1) is 0 Å². The molecule has 446 valence electrons. The topological polar surface area (TPSA) is 248 Å². The molecule has 6 aromatic carbocycles. The second-order valence-corrected chi connectivity index (χ2v) is 21.0. The molecule has 0 bridgehead atoms. The maximum Gasteiger partial charge on any atom is 0.426 e. The minimum Gasteiger partial charge on any atom is -0.462 e. The van der Waals surface area contributed by atoms with Gasteiger partial charge in [0.25, 0.3) is 37.0 Å². The molecule has 7 rings (SSSR count). The summed E-state index contributed by atoms with van der Waals surface area (Å²) in [4.78, 5) is 39.3. The van der Waals surface area contributed by atoms with Crippen LogP contribution in [0.2, 0.25) is 0 Å². The minimum absolute atomic E-state index is 0.172. The molecule has 0 fully saturated rings. The summed E-state index contributed by atoms with van der Waals surface area (Å²) in [6.07, 6.45) is -45.8. The number of benzene rings is 6. The molecule has 35 heteroatoms. The smallest absolute Gasteiger partial charge is 0.426 e. The average molecular weight is 1240 g/mol. The van der Waals surface area contributed by atoms with E-state index in [2.05, 4.69) is 4.74 Å². The van der Waals surface area contributed by atoms with E-state index in [4.69, 9.17) is 9.47 Å². The summed E-state index contributed by atoms with van der Waals surface area (Å²) < 4.78 is 329. The second kappa shape index (κ2) is 20.2. The quantitative estimate of drug-likeness (QED) is 0.0211. The van der Waals surface area contributed by atoms with Crippen molar-refractivity contribution < 1.29 is 149 Å². The molecule has 1 unspecified atom stereocenters. The molecule has 5 N–H and O–H groups in total. The van der Waals surface area contributed by atoms with E-state index >= 15 is 0 Å². The van der Waals surface area contributed by atoms with Crippen molar-refractivity contribution in [1.29, 1.82) is 0 Å². The number of halogens is 18. The number of ether oxygens (including phenoxy) is 3. The lowest BCUT2D eigenvalue weighted by molar-refractivity contribution is -0.371. The highest BCUT2D eigenvalue weighted by Gasteiger charge is 2.72. The van der Waals surface area contributed by atoms with E-state index in [0.717, 1.165) is 60.7 Å². The Kier molecular flexibility index (Phi) is 15.5. The maximum atomic E-state index is 14.1. The fourth-order valence-electron chi connectivity index (χ4n) is 9.03. The first-order valence-corrected chi connectivity index (χ1v) is 25.1. The van der Waals surface area contributed by atoms with Gasteiger partial charge in [-0.05, 0) is 109 Å². The molecule has 0 amide bonds. The van der Waals surface area contributed by atoms with Gasteiger partial charge in [0.05, 0.1) is 41.4 Å². The summed E-state index contributed by atoms with van der Waals surface area (Å²) in [7, 11) is -10.7. The molecule has 0 saturated heterocycles. The average Bonchev–Trinajstić information content (AvgIpc) is 1.41. The number of carbonyl (C=O) groups is 3. The number of aliphatic hydroxyl groups is 3. The van der Waals surface area contributed by atoms with Gasteiger partial charge in [-0.3, -0.25) is 9.11 Å². The number of hydrogen-bond acceptors (Lipinski definition) is 13. The van der Waals surface area contributed by atoms with Gasteiger partial charge in [0, 0.05) is 30.6 Å². The Bertz CT molecular complexity index is 3730. The third kappa shape index (κ3) is 10.9. The SMILES string of the molecule is O=C(OCCC(O)(C(F)(F)F)C(F)(F)F)c1ccc2c(c1)-c1ccc(S(=O)(=O)O)cc1C2c1cc2c(C(=O)OCCC(O)(C(F)(F)F)C(F)(F)F)cc3ccc(S(=O)(=O)O)c4cc(C(=O)OCCC(O)(C(F)(F)F)C(F)(F)F)c(c1)c2c34. The van der Waals surface area contributed by atoms with Crippen molar-refractivity contribution in [2.45, 2.75) is 88.8 Å². The molecular formula is C47H30F18O15S2. The summed E-state index contributed by atoms with van der Waals surface area (Å²) in [5.41, 5.74) is -20.6. The Balaban J connectivity index is 1.49. The normalized spacial score (nSPS) is 15.3. The number of rotatable bonds is 15. The van der Waals surface area contributed by atoms with Gasteiger partial charge in [-0.2, -0.15) is 95.9 Å². The van der Waals surface area contributed by atoms with Gasteiger partial charge in [0.15, 0.2) is 0 Å². The Morgan fingerprint density at radius 2 is 0.866 bits per heavy atom. The van der Waals surface area contributed by atoms with E-state index in [1.807, 2.05) is 0 Å². The van der Waals surface area contributed by atoms with Crippen molar-refractivity contribution in [3.8, 4) is 11.1 Å². The van der Waals surface area contributed by atoms with Gasteiger partial charge in [0.2, 0.25) is 0 Å². The second-order valence-electron chi connectivity index (χ2n) is 18.2. The summed E-state index contributed by atoms with van der Waals surface area (Å²) in [6, 6.07) is 9.45. The van der Waals surface area contributed by atoms with Gasteiger partial charge in [-0.15, -0.1) is 0 Å².